The van der Waals surface area contributed by atoms with E-state index < -0.39 is 10.0 Å². The molecule has 1 fully saturated rings. The number of rotatable bonds is 4. The predicted octanol–water partition coefficient (Wildman–Crippen LogP) is 0.548. The zero-order valence-corrected chi connectivity index (χ0v) is 11.4. The van der Waals surface area contributed by atoms with Gasteiger partial charge in [-0.05, 0) is 18.8 Å². The quantitative estimate of drug-likeness (QED) is 0.837. The Morgan fingerprint density at radius 2 is 2.39 bits per heavy atom. The van der Waals surface area contributed by atoms with E-state index in [1.807, 2.05) is 0 Å². The number of sulfonamides is 1. The Morgan fingerprint density at radius 3 is 2.94 bits per heavy atom. The number of nitrogens with one attached hydrogen (secondary N) is 1. The van der Waals surface area contributed by atoms with Gasteiger partial charge >= 0.3 is 0 Å². The summed E-state index contributed by atoms with van der Waals surface area (Å²) in [5.74, 6) is 0.578. The van der Waals surface area contributed by atoms with Crippen LogP contribution in [-0.4, -0.2) is 42.1 Å². The third-order valence-electron chi connectivity index (χ3n) is 3.70. The first-order valence-corrected chi connectivity index (χ1v) is 7.74. The van der Waals surface area contributed by atoms with Crippen LogP contribution in [0.15, 0.2) is 17.3 Å². The molecule has 0 bridgehead atoms. The number of hydrogen-bond donors (Lipinski definition) is 2. The molecule has 2 atom stereocenters. The average Bonchev–Trinajstić information content (AvgIpc) is 2.92. The largest absolute Gasteiger partial charge is 0.329 e. The minimum Gasteiger partial charge on any atom is -0.329 e. The van der Waals surface area contributed by atoms with Crippen molar-refractivity contribution < 1.29 is 8.42 Å². The van der Waals surface area contributed by atoms with Crippen molar-refractivity contribution in [3.05, 3.63) is 12.4 Å². The summed E-state index contributed by atoms with van der Waals surface area (Å²) in [4.78, 5) is 0.218. The maximum atomic E-state index is 12.4. The van der Waals surface area contributed by atoms with E-state index in [1.54, 1.807) is 0 Å². The molecule has 102 valence electrons. The van der Waals surface area contributed by atoms with Crippen molar-refractivity contribution in [1.82, 2.24) is 14.5 Å². The molecule has 0 spiro atoms. The zero-order valence-electron chi connectivity index (χ0n) is 10.5. The van der Waals surface area contributed by atoms with Crippen molar-refractivity contribution in [2.75, 3.05) is 13.1 Å². The summed E-state index contributed by atoms with van der Waals surface area (Å²) in [5, 5.41) is 6.24. The first-order valence-electron chi connectivity index (χ1n) is 6.30. The van der Waals surface area contributed by atoms with Crippen molar-refractivity contribution in [3.8, 4) is 0 Å². The number of aromatic amines is 1. The van der Waals surface area contributed by atoms with Crippen LogP contribution in [-0.2, 0) is 10.0 Å². The molecular weight excluding hydrogens is 252 g/mol. The third kappa shape index (κ3) is 2.43. The lowest BCUT2D eigenvalue weighted by Gasteiger charge is -2.37. The highest BCUT2D eigenvalue weighted by molar-refractivity contribution is 7.89. The lowest BCUT2D eigenvalue weighted by molar-refractivity contribution is 0.197. The van der Waals surface area contributed by atoms with Crippen molar-refractivity contribution in [2.24, 2.45) is 11.7 Å². The van der Waals surface area contributed by atoms with Gasteiger partial charge in [-0.1, -0.05) is 13.3 Å². The Kier molecular flexibility index (Phi) is 4.04. The second-order valence-electron chi connectivity index (χ2n) is 4.74. The van der Waals surface area contributed by atoms with E-state index in [0.29, 0.717) is 19.0 Å². The molecular formula is C11H20N4O2S. The molecule has 2 heterocycles. The SMILES string of the molecule is CCC1CCN(S(=O)(=O)c2cn[nH]c2)C(CN)C1. The van der Waals surface area contributed by atoms with E-state index in [-0.39, 0.29) is 10.9 Å². The van der Waals surface area contributed by atoms with Gasteiger partial charge in [0.15, 0.2) is 0 Å². The highest BCUT2D eigenvalue weighted by Crippen LogP contribution is 2.29. The summed E-state index contributed by atoms with van der Waals surface area (Å²) >= 11 is 0. The van der Waals surface area contributed by atoms with E-state index in [0.717, 1.165) is 19.3 Å². The summed E-state index contributed by atoms with van der Waals surface area (Å²) in [6.45, 7) is 3.06. The second-order valence-corrected chi connectivity index (χ2v) is 6.63. The number of H-pyrrole nitrogens is 1. The van der Waals surface area contributed by atoms with Gasteiger partial charge in [0.25, 0.3) is 0 Å². The molecule has 1 saturated heterocycles. The lowest BCUT2D eigenvalue weighted by atomic mass is 9.90. The molecule has 7 heteroatoms. The van der Waals surface area contributed by atoms with E-state index in [9.17, 15) is 8.42 Å². The van der Waals surface area contributed by atoms with Crippen LogP contribution in [0, 0.1) is 5.92 Å². The Balaban J connectivity index is 2.22. The fraction of sp³-hybridized carbons (Fsp3) is 0.727. The average molecular weight is 272 g/mol. The van der Waals surface area contributed by atoms with E-state index >= 15 is 0 Å². The standard InChI is InChI=1S/C11H20N4O2S/c1-2-9-3-4-15(10(5-9)6-12)18(16,17)11-7-13-14-8-11/h7-10H,2-6,12H2,1H3,(H,13,14). The Hall–Kier alpha value is -0.920. The lowest BCUT2D eigenvalue weighted by Crippen LogP contribution is -2.49. The van der Waals surface area contributed by atoms with Gasteiger partial charge in [0.05, 0.1) is 6.20 Å². The number of nitrogens with two attached hydrogens (primary N) is 1. The number of aromatic nitrogens is 2. The fourth-order valence-electron chi connectivity index (χ4n) is 2.53. The first kappa shape index (κ1) is 13.5. The van der Waals surface area contributed by atoms with Gasteiger partial charge in [0.1, 0.15) is 4.90 Å². The molecule has 1 aliphatic heterocycles. The molecule has 0 aromatic carbocycles. The minimum absolute atomic E-state index is 0.0939. The summed E-state index contributed by atoms with van der Waals surface area (Å²) < 4.78 is 26.4. The molecule has 0 aliphatic carbocycles. The molecule has 6 nitrogen and oxygen atoms in total. The van der Waals surface area contributed by atoms with E-state index in [1.165, 1.54) is 16.7 Å². The van der Waals surface area contributed by atoms with Crippen molar-refractivity contribution in [1.29, 1.82) is 0 Å². The number of piperidine rings is 1. The van der Waals surface area contributed by atoms with Crippen LogP contribution in [0.4, 0.5) is 0 Å². The van der Waals surface area contributed by atoms with Crippen LogP contribution in [0.1, 0.15) is 26.2 Å². The molecule has 18 heavy (non-hydrogen) atoms. The molecule has 2 rings (SSSR count). The van der Waals surface area contributed by atoms with Crippen LogP contribution in [0.3, 0.4) is 0 Å². The van der Waals surface area contributed by atoms with Gasteiger partial charge < -0.3 is 5.73 Å². The van der Waals surface area contributed by atoms with Crippen molar-refractivity contribution in [2.45, 2.75) is 37.1 Å². The Labute approximate surface area is 108 Å². The number of nitrogens with zero attached hydrogens (tertiary/aromatic N) is 2. The fourth-order valence-corrected chi connectivity index (χ4v) is 4.10. The van der Waals surface area contributed by atoms with Gasteiger partial charge in [-0.15, -0.1) is 0 Å². The zero-order chi connectivity index (χ0) is 13.2. The summed E-state index contributed by atoms with van der Waals surface area (Å²) in [5.41, 5.74) is 5.73. The van der Waals surface area contributed by atoms with Gasteiger partial charge in [-0.3, -0.25) is 5.10 Å². The van der Waals surface area contributed by atoms with Crippen LogP contribution >= 0.6 is 0 Å². The molecule has 2 unspecified atom stereocenters. The maximum absolute atomic E-state index is 12.4. The molecule has 1 aromatic rings. The highest BCUT2D eigenvalue weighted by Gasteiger charge is 2.35. The van der Waals surface area contributed by atoms with Gasteiger partial charge in [0.2, 0.25) is 10.0 Å². The summed E-state index contributed by atoms with van der Waals surface area (Å²) in [6, 6.07) is -0.0939. The molecule has 0 amide bonds. The Bertz CT molecular complexity index is 471. The van der Waals surface area contributed by atoms with Crippen LogP contribution in [0.2, 0.25) is 0 Å². The van der Waals surface area contributed by atoms with Crippen LogP contribution in [0.25, 0.3) is 0 Å². The smallest absolute Gasteiger partial charge is 0.246 e. The minimum atomic E-state index is -3.45. The third-order valence-corrected chi connectivity index (χ3v) is 5.62. The van der Waals surface area contributed by atoms with Gasteiger partial charge in [-0.2, -0.15) is 9.40 Å². The topological polar surface area (TPSA) is 92.1 Å². The molecule has 3 N–H and O–H groups in total. The predicted molar refractivity (Wildman–Crippen MR) is 68.3 cm³/mol. The van der Waals surface area contributed by atoms with E-state index in [2.05, 4.69) is 17.1 Å². The van der Waals surface area contributed by atoms with Gasteiger partial charge in [-0.25, -0.2) is 8.42 Å². The van der Waals surface area contributed by atoms with Crippen molar-refractivity contribution in [3.63, 3.8) is 0 Å². The summed E-state index contributed by atoms with van der Waals surface area (Å²) in [6.07, 6.45) is 5.59. The Morgan fingerprint density at radius 1 is 1.61 bits per heavy atom. The molecule has 0 radical (unpaired) electrons. The molecule has 0 saturated carbocycles. The van der Waals surface area contributed by atoms with Crippen molar-refractivity contribution >= 4 is 10.0 Å². The normalized spacial score (nSPS) is 26.3. The van der Waals surface area contributed by atoms with Crippen LogP contribution < -0.4 is 5.73 Å². The van der Waals surface area contributed by atoms with Crippen LogP contribution in [0.5, 0.6) is 0 Å². The molecule has 1 aliphatic rings. The number of hydrogen-bond acceptors (Lipinski definition) is 4. The first-order chi connectivity index (χ1) is 8.59. The molecule has 1 aromatic heterocycles. The highest BCUT2D eigenvalue weighted by atomic mass is 32.2. The van der Waals surface area contributed by atoms with Gasteiger partial charge in [0, 0.05) is 25.3 Å². The maximum Gasteiger partial charge on any atom is 0.246 e. The monoisotopic (exact) mass is 272 g/mol. The van der Waals surface area contributed by atoms with E-state index in [4.69, 9.17) is 5.73 Å². The summed E-state index contributed by atoms with van der Waals surface area (Å²) in [7, 11) is -3.45. The second kappa shape index (κ2) is 5.38.